The molecule has 0 amide bonds. The van der Waals surface area contributed by atoms with Crippen LogP contribution in [0.3, 0.4) is 0 Å². The summed E-state index contributed by atoms with van der Waals surface area (Å²) in [6.45, 7) is 1.75. The zero-order valence-electron chi connectivity index (χ0n) is 11.8. The topological polar surface area (TPSA) is 56.3 Å². The molecule has 0 aliphatic carbocycles. The standard InChI is InChI=1S/C15H19N3O2/c1-19-10-13-6-4-3-5-12(13)7-16-14-8-17-15(11-20-2)18-9-14/h3-6,8-9,16H,7,10-11H2,1-2H3. The van der Waals surface area contributed by atoms with Crippen LogP contribution < -0.4 is 5.32 Å². The molecule has 0 radical (unpaired) electrons. The summed E-state index contributed by atoms with van der Waals surface area (Å²) >= 11 is 0. The highest BCUT2D eigenvalue weighted by Gasteiger charge is 2.02. The molecular formula is C15H19N3O2. The summed E-state index contributed by atoms with van der Waals surface area (Å²) in [6.07, 6.45) is 3.53. The Morgan fingerprint density at radius 1 is 0.950 bits per heavy atom. The first-order chi connectivity index (χ1) is 9.83. The monoisotopic (exact) mass is 273 g/mol. The number of rotatable bonds is 7. The van der Waals surface area contributed by atoms with E-state index < -0.39 is 0 Å². The fourth-order valence-electron chi connectivity index (χ4n) is 1.87. The van der Waals surface area contributed by atoms with Gasteiger partial charge < -0.3 is 14.8 Å². The predicted molar refractivity (Wildman–Crippen MR) is 77.2 cm³/mol. The Hall–Kier alpha value is -1.98. The number of hydrogen-bond acceptors (Lipinski definition) is 5. The third-order valence-corrected chi connectivity index (χ3v) is 2.88. The van der Waals surface area contributed by atoms with E-state index >= 15 is 0 Å². The first-order valence-corrected chi connectivity index (χ1v) is 6.43. The minimum atomic E-state index is 0.428. The van der Waals surface area contributed by atoms with Crippen LogP contribution in [-0.2, 0) is 29.2 Å². The van der Waals surface area contributed by atoms with Gasteiger partial charge in [0.05, 0.1) is 24.7 Å². The number of aromatic nitrogens is 2. The molecule has 5 nitrogen and oxygen atoms in total. The van der Waals surface area contributed by atoms with Gasteiger partial charge in [0.1, 0.15) is 6.61 Å². The molecule has 1 N–H and O–H groups in total. The van der Waals surface area contributed by atoms with E-state index in [4.69, 9.17) is 9.47 Å². The molecule has 1 aromatic heterocycles. The number of hydrogen-bond donors (Lipinski definition) is 1. The van der Waals surface area contributed by atoms with Crippen molar-refractivity contribution >= 4 is 5.69 Å². The summed E-state index contributed by atoms with van der Waals surface area (Å²) in [5.41, 5.74) is 3.27. The van der Waals surface area contributed by atoms with Crippen LogP contribution in [0.1, 0.15) is 17.0 Å². The van der Waals surface area contributed by atoms with Gasteiger partial charge in [0.25, 0.3) is 0 Å². The molecule has 0 bridgehead atoms. The van der Waals surface area contributed by atoms with Crippen LogP contribution in [0.4, 0.5) is 5.69 Å². The number of methoxy groups -OCH3 is 2. The lowest BCUT2D eigenvalue weighted by atomic mass is 10.1. The quantitative estimate of drug-likeness (QED) is 0.839. The Bertz CT molecular complexity index is 529. The van der Waals surface area contributed by atoms with Gasteiger partial charge in [0, 0.05) is 20.8 Å². The van der Waals surface area contributed by atoms with Crippen molar-refractivity contribution in [2.24, 2.45) is 0 Å². The van der Waals surface area contributed by atoms with Gasteiger partial charge in [-0.05, 0) is 11.1 Å². The van der Waals surface area contributed by atoms with Crippen molar-refractivity contribution in [2.45, 2.75) is 19.8 Å². The number of anilines is 1. The summed E-state index contributed by atoms with van der Waals surface area (Å²) in [5, 5.41) is 3.31. The lowest BCUT2D eigenvalue weighted by Crippen LogP contribution is -2.05. The molecule has 1 heterocycles. The van der Waals surface area contributed by atoms with Gasteiger partial charge >= 0.3 is 0 Å². The van der Waals surface area contributed by atoms with Crippen LogP contribution in [0.25, 0.3) is 0 Å². The number of nitrogens with one attached hydrogen (secondary N) is 1. The molecule has 1 aromatic carbocycles. The van der Waals surface area contributed by atoms with Crippen LogP contribution in [-0.4, -0.2) is 24.2 Å². The molecule has 20 heavy (non-hydrogen) atoms. The van der Waals surface area contributed by atoms with Crippen molar-refractivity contribution in [3.8, 4) is 0 Å². The molecule has 2 aromatic rings. The minimum absolute atomic E-state index is 0.428. The molecule has 2 rings (SSSR count). The molecule has 0 spiro atoms. The van der Waals surface area contributed by atoms with E-state index in [1.165, 1.54) is 11.1 Å². The van der Waals surface area contributed by atoms with E-state index in [0.29, 0.717) is 25.6 Å². The number of ether oxygens (including phenoxy) is 2. The second kappa shape index (κ2) is 7.57. The minimum Gasteiger partial charge on any atom is -0.380 e. The van der Waals surface area contributed by atoms with Crippen LogP contribution >= 0.6 is 0 Å². The molecule has 0 atom stereocenters. The molecule has 0 aliphatic rings. The van der Waals surface area contributed by atoms with E-state index in [2.05, 4.69) is 27.4 Å². The van der Waals surface area contributed by atoms with Gasteiger partial charge in [0.15, 0.2) is 5.82 Å². The normalized spacial score (nSPS) is 10.5. The van der Waals surface area contributed by atoms with E-state index in [0.717, 1.165) is 5.69 Å². The average molecular weight is 273 g/mol. The van der Waals surface area contributed by atoms with Crippen LogP contribution in [0.15, 0.2) is 36.7 Å². The van der Waals surface area contributed by atoms with Gasteiger partial charge in [0.2, 0.25) is 0 Å². The second-order valence-corrected chi connectivity index (χ2v) is 4.38. The molecule has 5 heteroatoms. The third kappa shape index (κ3) is 4.01. The van der Waals surface area contributed by atoms with Crippen molar-refractivity contribution in [2.75, 3.05) is 19.5 Å². The molecular weight excluding hydrogens is 254 g/mol. The average Bonchev–Trinajstić information content (AvgIpc) is 2.48. The molecule has 0 fully saturated rings. The fraction of sp³-hybridized carbons (Fsp3) is 0.333. The summed E-state index contributed by atoms with van der Waals surface area (Å²) in [7, 11) is 3.33. The first kappa shape index (κ1) is 14.4. The number of nitrogens with zero attached hydrogens (tertiary/aromatic N) is 2. The van der Waals surface area contributed by atoms with E-state index in [1.807, 2.05) is 12.1 Å². The highest BCUT2D eigenvalue weighted by molar-refractivity contribution is 5.40. The van der Waals surface area contributed by atoms with E-state index in [1.54, 1.807) is 26.6 Å². The molecule has 0 aliphatic heterocycles. The maximum absolute atomic E-state index is 5.20. The maximum atomic E-state index is 5.20. The zero-order valence-corrected chi connectivity index (χ0v) is 11.8. The van der Waals surface area contributed by atoms with Gasteiger partial charge in [-0.15, -0.1) is 0 Å². The molecule has 0 unspecified atom stereocenters. The van der Waals surface area contributed by atoms with E-state index in [-0.39, 0.29) is 0 Å². The van der Waals surface area contributed by atoms with Gasteiger partial charge in [-0.2, -0.15) is 0 Å². The summed E-state index contributed by atoms with van der Waals surface area (Å²) < 4.78 is 10.2. The number of benzene rings is 1. The van der Waals surface area contributed by atoms with Gasteiger partial charge in [-0.25, -0.2) is 9.97 Å². The van der Waals surface area contributed by atoms with Crippen molar-refractivity contribution < 1.29 is 9.47 Å². The summed E-state index contributed by atoms with van der Waals surface area (Å²) in [6, 6.07) is 8.19. The third-order valence-electron chi connectivity index (χ3n) is 2.88. The Morgan fingerprint density at radius 2 is 1.60 bits per heavy atom. The van der Waals surface area contributed by atoms with Gasteiger partial charge in [-0.3, -0.25) is 0 Å². The zero-order chi connectivity index (χ0) is 14.2. The summed E-state index contributed by atoms with van der Waals surface area (Å²) in [5.74, 6) is 0.679. The maximum Gasteiger partial charge on any atom is 0.153 e. The molecule has 106 valence electrons. The Labute approximate surface area is 119 Å². The van der Waals surface area contributed by atoms with E-state index in [9.17, 15) is 0 Å². The van der Waals surface area contributed by atoms with Crippen LogP contribution in [0, 0.1) is 0 Å². The Balaban J connectivity index is 1.97. The van der Waals surface area contributed by atoms with Crippen LogP contribution in [0.5, 0.6) is 0 Å². The lowest BCUT2D eigenvalue weighted by molar-refractivity contribution is 0.178. The Kier molecular flexibility index (Phi) is 5.46. The van der Waals surface area contributed by atoms with Crippen molar-refractivity contribution in [1.29, 1.82) is 0 Å². The lowest BCUT2D eigenvalue weighted by Gasteiger charge is -2.10. The summed E-state index contributed by atoms with van der Waals surface area (Å²) in [4.78, 5) is 8.43. The van der Waals surface area contributed by atoms with Crippen molar-refractivity contribution in [3.05, 3.63) is 53.6 Å². The highest BCUT2D eigenvalue weighted by Crippen LogP contribution is 2.12. The first-order valence-electron chi connectivity index (χ1n) is 6.43. The smallest absolute Gasteiger partial charge is 0.153 e. The SMILES string of the molecule is COCc1ncc(NCc2ccccc2COC)cn1. The van der Waals surface area contributed by atoms with Crippen LogP contribution in [0.2, 0.25) is 0 Å². The highest BCUT2D eigenvalue weighted by atomic mass is 16.5. The second-order valence-electron chi connectivity index (χ2n) is 4.38. The van der Waals surface area contributed by atoms with Gasteiger partial charge in [-0.1, -0.05) is 24.3 Å². The largest absolute Gasteiger partial charge is 0.380 e. The fourth-order valence-corrected chi connectivity index (χ4v) is 1.87. The van der Waals surface area contributed by atoms with Crippen molar-refractivity contribution in [3.63, 3.8) is 0 Å². The Morgan fingerprint density at radius 3 is 2.25 bits per heavy atom. The van der Waals surface area contributed by atoms with Crippen molar-refractivity contribution in [1.82, 2.24) is 9.97 Å². The molecule has 0 saturated carbocycles. The predicted octanol–water partition coefficient (Wildman–Crippen LogP) is 2.38. The molecule has 0 saturated heterocycles.